The Labute approximate surface area is 364 Å². The van der Waals surface area contributed by atoms with E-state index < -0.39 is 10.0 Å². The molecule has 0 aliphatic carbocycles. The molecule has 4 heterocycles. The molecule has 296 valence electrons. The van der Waals surface area contributed by atoms with Crippen molar-refractivity contribution < 1.29 is 13.2 Å². The van der Waals surface area contributed by atoms with Crippen LogP contribution >= 0.6 is 55.1 Å². The van der Waals surface area contributed by atoms with Gasteiger partial charge in [-0.05, 0) is 103 Å². The predicted molar refractivity (Wildman–Crippen MR) is 246 cm³/mol. The average Bonchev–Trinajstić information content (AvgIpc) is 3.21. The molecular formula is C43H37Br2Cl2N7O3S. The van der Waals surface area contributed by atoms with Crippen molar-refractivity contribution in [3.05, 3.63) is 147 Å². The van der Waals surface area contributed by atoms with Gasteiger partial charge in [0.2, 0.25) is 0 Å². The van der Waals surface area contributed by atoms with Gasteiger partial charge in [-0.15, -0.1) is 0 Å². The Kier molecular flexibility index (Phi) is 13.7. The number of methoxy groups -OCH3 is 1. The molecular weight excluding hydrogens is 925 g/mol. The standard InChI is InChI=1S/C23H21ClN4O3S.C11H11BrN2.C9H5BrClN/c1-28(2)22-10-11-25-20-9-4-15(12-19(20)22)16-13-21(23(24)26-14-16)27-32(29,30)18-7-5-17(31-3)6-8-18;1-14(2)11-5-6-13-10-4-3-8(12)7-9(10)11;10-6-1-2-9-7(5-6)8(11)3-4-12-9/h4-14,27H,1-3H3;3-7H,1-2H3;1-5H. The molecule has 15 heteroatoms. The first-order valence-electron chi connectivity index (χ1n) is 17.5. The highest BCUT2D eigenvalue weighted by molar-refractivity contribution is 9.10. The van der Waals surface area contributed by atoms with Crippen molar-refractivity contribution in [1.82, 2.24) is 19.9 Å². The zero-order chi connectivity index (χ0) is 41.6. The molecule has 0 aliphatic rings. The third-order valence-electron chi connectivity index (χ3n) is 8.80. The van der Waals surface area contributed by atoms with Crippen LogP contribution in [0.4, 0.5) is 17.1 Å². The van der Waals surface area contributed by atoms with Gasteiger partial charge < -0.3 is 14.5 Å². The van der Waals surface area contributed by atoms with Gasteiger partial charge in [0.25, 0.3) is 10.0 Å². The molecule has 0 saturated heterocycles. The van der Waals surface area contributed by atoms with Crippen LogP contribution in [-0.4, -0.2) is 63.7 Å². The Morgan fingerprint density at radius 2 is 1.12 bits per heavy atom. The Hall–Kier alpha value is -5.05. The number of benzene rings is 4. The minimum absolute atomic E-state index is 0.0577. The van der Waals surface area contributed by atoms with Crippen LogP contribution < -0.4 is 19.3 Å². The second-order valence-electron chi connectivity index (χ2n) is 13.1. The number of aromatic nitrogens is 4. The lowest BCUT2D eigenvalue weighted by Crippen LogP contribution is -2.13. The SMILES string of the molecule is CN(C)c1ccnc2ccc(Br)cc12.COc1ccc(S(=O)(=O)Nc2cc(-c3ccc4nccc(N(C)C)c4c3)cnc2Cl)cc1.Clc1ccnc2ccc(Br)cc12. The minimum Gasteiger partial charge on any atom is -0.497 e. The van der Waals surface area contributed by atoms with E-state index in [1.54, 1.807) is 42.9 Å². The zero-order valence-electron chi connectivity index (χ0n) is 32.0. The molecule has 0 fully saturated rings. The van der Waals surface area contributed by atoms with Crippen LogP contribution in [0.5, 0.6) is 5.75 Å². The quantitative estimate of drug-likeness (QED) is 0.156. The van der Waals surface area contributed by atoms with Crippen molar-refractivity contribution in [3.63, 3.8) is 0 Å². The van der Waals surface area contributed by atoms with Crippen molar-refractivity contribution in [2.24, 2.45) is 0 Å². The van der Waals surface area contributed by atoms with Crippen LogP contribution in [0.15, 0.2) is 142 Å². The smallest absolute Gasteiger partial charge is 0.261 e. The topological polar surface area (TPSA) is 113 Å². The number of halogens is 4. The highest BCUT2D eigenvalue weighted by Gasteiger charge is 2.18. The lowest BCUT2D eigenvalue weighted by atomic mass is 10.0. The molecule has 0 atom stereocenters. The summed E-state index contributed by atoms with van der Waals surface area (Å²) >= 11 is 19.0. The third kappa shape index (κ3) is 10.1. The summed E-state index contributed by atoms with van der Waals surface area (Å²) in [5.41, 5.74) is 6.81. The maximum absolute atomic E-state index is 12.8. The lowest BCUT2D eigenvalue weighted by Gasteiger charge is -2.16. The van der Waals surface area contributed by atoms with E-state index >= 15 is 0 Å². The fourth-order valence-electron chi connectivity index (χ4n) is 5.92. The zero-order valence-corrected chi connectivity index (χ0v) is 37.5. The summed E-state index contributed by atoms with van der Waals surface area (Å²) in [5, 5.41) is 3.93. The van der Waals surface area contributed by atoms with Crippen LogP contribution in [0.2, 0.25) is 10.2 Å². The van der Waals surface area contributed by atoms with E-state index in [9.17, 15) is 8.42 Å². The Balaban J connectivity index is 0.000000177. The number of ether oxygens (including phenoxy) is 1. The molecule has 10 nitrogen and oxygen atoms in total. The maximum atomic E-state index is 12.8. The van der Waals surface area contributed by atoms with Crippen molar-refractivity contribution in [2.75, 3.05) is 49.8 Å². The van der Waals surface area contributed by atoms with Gasteiger partial charge >= 0.3 is 0 Å². The number of nitrogens with zero attached hydrogens (tertiary/aromatic N) is 6. The normalized spacial score (nSPS) is 11.0. The van der Waals surface area contributed by atoms with Crippen LogP contribution in [-0.2, 0) is 10.0 Å². The number of rotatable bonds is 7. The van der Waals surface area contributed by atoms with E-state index in [0.29, 0.717) is 5.75 Å². The second-order valence-corrected chi connectivity index (χ2v) is 17.4. The summed E-state index contributed by atoms with van der Waals surface area (Å²) in [7, 11) is 5.67. The molecule has 0 radical (unpaired) electrons. The summed E-state index contributed by atoms with van der Waals surface area (Å²) in [6, 6.07) is 31.3. The van der Waals surface area contributed by atoms with Crippen LogP contribution in [0.25, 0.3) is 43.8 Å². The van der Waals surface area contributed by atoms with Crippen molar-refractivity contribution in [2.45, 2.75) is 4.90 Å². The number of hydrogen-bond donors (Lipinski definition) is 1. The lowest BCUT2D eigenvalue weighted by molar-refractivity contribution is 0.414. The van der Waals surface area contributed by atoms with Gasteiger partial charge in [-0.25, -0.2) is 13.4 Å². The predicted octanol–water partition coefficient (Wildman–Crippen LogP) is 11.5. The highest BCUT2D eigenvalue weighted by Crippen LogP contribution is 2.33. The average molecular weight is 963 g/mol. The first-order valence-corrected chi connectivity index (χ1v) is 21.4. The number of fused-ring (bicyclic) bond motifs is 3. The van der Waals surface area contributed by atoms with Crippen molar-refractivity contribution in [1.29, 1.82) is 0 Å². The molecule has 4 aromatic carbocycles. The molecule has 0 spiro atoms. The largest absolute Gasteiger partial charge is 0.497 e. The molecule has 0 aliphatic heterocycles. The van der Waals surface area contributed by atoms with Gasteiger partial charge in [0.1, 0.15) is 5.75 Å². The van der Waals surface area contributed by atoms with E-state index in [-0.39, 0.29) is 15.7 Å². The van der Waals surface area contributed by atoms with Crippen LogP contribution in [0, 0.1) is 0 Å². The van der Waals surface area contributed by atoms with Crippen molar-refractivity contribution >= 4 is 115 Å². The van der Waals surface area contributed by atoms with Gasteiger partial charge in [0, 0.05) is 95.0 Å². The number of pyridine rings is 4. The number of hydrogen-bond acceptors (Lipinski definition) is 9. The van der Waals surface area contributed by atoms with Crippen molar-refractivity contribution in [3.8, 4) is 16.9 Å². The van der Waals surface area contributed by atoms with E-state index in [0.717, 1.165) is 58.1 Å². The number of sulfonamides is 1. The molecule has 8 rings (SSSR count). The van der Waals surface area contributed by atoms with Crippen LogP contribution in [0.3, 0.4) is 0 Å². The fourth-order valence-corrected chi connectivity index (χ4v) is 8.11. The summed E-state index contributed by atoms with van der Waals surface area (Å²) in [5.74, 6) is 0.563. The van der Waals surface area contributed by atoms with E-state index in [2.05, 4.69) is 67.5 Å². The van der Waals surface area contributed by atoms with E-state index in [4.69, 9.17) is 27.9 Å². The summed E-state index contributed by atoms with van der Waals surface area (Å²) in [6.45, 7) is 0. The summed E-state index contributed by atoms with van der Waals surface area (Å²) in [6.07, 6.45) is 6.93. The first-order chi connectivity index (χ1) is 27.7. The minimum atomic E-state index is -3.86. The number of anilines is 3. The highest BCUT2D eigenvalue weighted by atomic mass is 79.9. The molecule has 0 saturated carbocycles. The second kappa shape index (κ2) is 18.7. The van der Waals surface area contributed by atoms with E-state index in [1.165, 1.54) is 30.3 Å². The molecule has 0 bridgehead atoms. The Morgan fingerprint density at radius 1 is 0.603 bits per heavy atom. The van der Waals surface area contributed by atoms with Gasteiger partial charge in [0.15, 0.2) is 5.15 Å². The number of nitrogens with one attached hydrogen (secondary N) is 1. The van der Waals surface area contributed by atoms with Gasteiger partial charge in [-0.2, -0.15) is 0 Å². The van der Waals surface area contributed by atoms with Gasteiger partial charge in [0.05, 0.1) is 39.3 Å². The molecule has 0 amide bonds. The Bertz CT molecular complexity index is 2850. The molecule has 1 N–H and O–H groups in total. The third-order valence-corrected chi connectivity index (χ3v) is 11.8. The molecule has 8 aromatic rings. The summed E-state index contributed by atoms with van der Waals surface area (Å²) < 4.78 is 35.4. The van der Waals surface area contributed by atoms with Gasteiger partial charge in [-0.3, -0.25) is 19.7 Å². The molecule has 4 aromatic heterocycles. The molecule has 58 heavy (non-hydrogen) atoms. The Morgan fingerprint density at radius 3 is 1.69 bits per heavy atom. The maximum Gasteiger partial charge on any atom is 0.261 e. The van der Waals surface area contributed by atoms with Crippen LogP contribution in [0.1, 0.15) is 0 Å². The first kappa shape index (κ1) is 42.6. The van der Waals surface area contributed by atoms with E-state index in [1.807, 2.05) is 100.0 Å². The van der Waals surface area contributed by atoms with Gasteiger partial charge in [-0.1, -0.05) is 61.1 Å². The monoisotopic (exact) mass is 959 g/mol. The fraction of sp³-hybridized carbons (Fsp3) is 0.116. The molecule has 0 unspecified atom stereocenters. The summed E-state index contributed by atoms with van der Waals surface area (Å²) in [4.78, 5) is 21.3.